The normalized spacial score (nSPS) is 22.7. The number of rotatable bonds is 7. The summed E-state index contributed by atoms with van der Waals surface area (Å²) in [6.07, 6.45) is 2.56. The van der Waals surface area contributed by atoms with Crippen LogP contribution in [-0.4, -0.2) is 34.5 Å². The Morgan fingerprint density at radius 3 is 2.59 bits per heavy atom. The smallest absolute Gasteiger partial charge is 0.259 e. The quantitative estimate of drug-likeness (QED) is 0.640. The molecule has 2 aromatic rings. The van der Waals surface area contributed by atoms with E-state index in [1.807, 2.05) is 55.5 Å². The van der Waals surface area contributed by atoms with Crippen LogP contribution in [0.4, 0.5) is 0 Å². The summed E-state index contributed by atoms with van der Waals surface area (Å²) < 4.78 is 0. The first-order valence-corrected chi connectivity index (χ1v) is 10.6. The van der Waals surface area contributed by atoms with E-state index < -0.39 is 11.6 Å². The number of amides is 1. The van der Waals surface area contributed by atoms with Gasteiger partial charge in [0.05, 0.1) is 6.10 Å². The Morgan fingerprint density at radius 1 is 1.24 bits per heavy atom. The fraction of sp³-hybridized carbons (Fsp3) is 0.391. The lowest BCUT2D eigenvalue weighted by Gasteiger charge is -2.28. The summed E-state index contributed by atoms with van der Waals surface area (Å²) in [6.45, 7) is 2.26. The number of halogens is 1. The Kier molecular flexibility index (Phi) is 5.36. The summed E-state index contributed by atoms with van der Waals surface area (Å²) in [5.74, 6) is 0.209. The van der Waals surface area contributed by atoms with Crippen LogP contribution in [0.25, 0.3) is 11.1 Å². The van der Waals surface area contributed by atoms with Crippen LogP contribution in [0.2, 0.25) is 5.02 Å². The summed E-state index contributed by atoms with van der Waals surface area (Å²) >= 11 is 6.16. The zero-order valence-electron chi connectivity index (χ0n) is 16.5. The Bertz CT molecular complexity index is 943. The Morgan fingerprint density at radius 2 is 1.93 bits per heavy atom. The van der Waals surface area contributed by atoms with Crippen molar-refractivity contribution in [3.8, 4) is 11.1 Å². The summed E-state index contributed by atoms with van der Waals surface area (Å²) in [4.78, 5) is 15.0. The first kappa shape index (κ1) is 19.9. The van der Waals surface area contributed by atoms with Crippen LogP contribution < -0.4 is 5.32 Å². The number of aliphatic hydroxyl groups is 1. The second kappa shape index (κ2) is 7.81. The van der Waals surface area contributed by atoms with Crippen LogP contribution in [0.5, 0.6) is 0 Å². The van der Waals surface area contributed by atoms with E-state index in [0.29, 0.717) is 24.4 Å². The van der Waals surface area contributed by atoms with Gasteiger partial charge in [-0.05, 0) is 66.5 Å². The van der Waals surface area contributed by atoms with Gasteiger partial charge in [-0.15, -0.1) is 0 Å². The molecule has 2 aromatic carbocycles. The van der Waals surface area contributed by atoms with Crippen molar-refractivity contribution in [2.75, 3.05) is 6.54 Å². The minimum atomic E-state index is -0.900. The minimum absolute atomic E-state index is 0.0865. The molecule has 2 aliphatic rings. The molecule has 1 aliphatic heterocycles. The summed E-state index contributed by atoms with van der Waals surface area (Å²) in [7, 11) is 0. The van der Waals surface area contributed by atoms with Gasteiger partial charge in [0, 0.05) is 11.6 Å². The fourth-order valence-electron chi connectivity index (χ4n) is 4.15. The summed E-state index contributed by atoms with van der Waals surface area (Å²) in [5.41, 5.74) is 1.97. The van der Waals surface area contributed by atoms with E-state index >= 15 is 0 Å². The van der Waals surface area contributed by atoms with Crippen molar-refractivity contribution in [1.29, 1.82) is 5.41 Å². The second-order valence-corrected chi connectivity index (χ2v) is 8.39. The molecule has 1 amide bonds. The molecule has 0 radical (unpaired) electrons. The molecule has 0 bridgehead atoms. The van der Waals surface area contributed by atoms with Crippen molar-refractivity contribution in [3.63, 3.8) is 0 Å². The number of benzene rings is 2. The van der Waals surface area contributed by atoms with Crippen molar-refractivity contribution >= 4 is 23.5 Å². The first-order chi connectivity index (χ1) is 14.0. The van der Waals surface area contributed by atoms with E-state index in [-0.39, 0.29) is 17.8 Å². The molecular weight excluding hydrogens is 386 g/mol. The number of hydrogen-bond acceptors (Lipinski definition) is 3. The van der Waals surface area contributed by atoms with Gasteiger partial charge in [-0.2, -0.15) is 0 Å². The number of guanidine groups is 1. The number of carbonyl (C=O) groups excluding carboxylic acids is 1. The average molecular weight is 412 g/mol. The highest BCUT2D eigenvalue weighted by Crippen LogP contribution is 2.49. The van der Waals surface area contributed by atoms with Gasteiger partial charge < -0.3 is 10.4 Å². The standard InChI is InChI=1S/C23H26ClN3O2/c1-2-20(28)11-12-27-21(29)23(17-9-10-17,26-22(27)25)18-7-3-5-15(13-18)16-6-4-8-19(24)14-16/h3-8,13-14,17,20,28H,2,9-12H2,1H3,(H2,25,26). The zero-order valence-corrected chi connectivity index (χ0v) is 17.2. The molecule has 2 atom stereocenters. The van der Waals surface area contributed by atoms with Gasteiger partial charge >= 0.3 is 0 Å². The van der Waals surface area contributed by atoms with Gasteiger partial charge in [-0.25, -0.2) is 0 Å². The summed E-state index contributed by atoms with van der Waals surface area (Å²) in [6, 6.07) is 15.6. The SMILES string of the molecule is CCC(O)CCN1C(=N)NC(c2cccc(-c3cccc(Cl)c3)c2)(C2CC2)C1=O. The number of hydrogen-bond donors (Lipinski definition) is 3. The van der Waals surface area contributed by atoms with E-state index in [1.165, 1.54) is 4.90 Å². The summed E-state index contributed by atoms with van der Waals surface area (Å²) in [5, 5.41) is 22.2. The number of carbonyl (C=O) groups is 1. The molecule has 2 unspecified atom stereocenters. The second-order valence-electron chi connectivity index (χ2n) is 7.95. The maximum absolute atomic E-state index is 13.5. The third-order valence-corrected chi connectivity index (χ3v) is 6.23. The van der Waals surface area contributed by atoms with Crippen molar-refractivity contribution in [2.45, 2.75) is 44.2 Å². The van der Waals surface area contributed by atoms with Gasteiger partial charge in [-0.1, -0.05) is 48.9 Å². The van der Waals surface area contributed by atoms with Gasteiger partial charge in [0.2, 0.25) is 0 Å². The molecule has 29 heavy (non-hydrogen) atoms. The number of nitrogens with one attached hydrogen (secondary N) is 2. The number of nitrogens with zero attached hydrogens (tertiary/aromatic N) is 1. The van der Waals surface area contributed by atoms with Crippen molar-refractivity contribution in [1.82, 2.24) is 10.2 Å². The molecular formula is C23H26ClN3O2. The van der Waals surface area contributed by atoms with E-state index in [1.54, 1.807) is 0 Å². The molecule has 6 heteroatoms. The lowest BCUT2D eigenvalue weighted by molar-refractivity contribution is -0.132. The zero-order chi connectivity index (χ0) is 20.6. The highest BCUT2D eigenvalue weighted by Gasteiger charge is 2.59. The topological polar surface area (TPSA) is 76.4 Å². The van der Waals surface area contributed by atoms with Crippen LogP contribution in [0.15, 0.2) is 48.5 Å². The molecule has 3 N–H and O–H groups in total. The molecule has 4 rings (SSSR count). The largest absolute Gasteiger partial charge is 0.393 e. The van der Waals surface area contributed by atoms with Gasteiger partial charge in [0.1, 0.15) is 5.54 Å². The van der Waals surface area contributed by atoms with E-state index in [0.717, 1.165) is 29.5 Å². The van der Waals surface area contributed by atoms with Crippen LogP contribution in [-0.2, 0) is 10.3 Å². The third-order valence-electron chi connectivity index (χ3n) is 5.99. The Balaban J connectivity index is 1.69. The van der Waals surface area contributed by atoms with Gasteiger partial charge in [0.15, 0.2) is 5.96 Å². The predicted molar refractivity (Wildman–Crippen MR) is 115 cm³/mol. The predicted octanol–water partition coefficient (Wildman–Crippen LogP) is 4.14. The number of aliphatic hydroxyl groups excluding tert-OH is 1. The van der Waals surface area contributed by atoms with Crippen LogP contribution in [0.1, 0.15) is 38.2 Å². The maximum Gasteiger partial charge on any atom is 0.259 e. The lowest BCUT2D eigenvalue weighted by atomic mass is 9.83. The molecule has 152 valence electrons. The highest BCUT2D eigenvalue weighted by molar-refractivity contribution is 6.30. The molecule has 1 saturated heterocycles. The molecule has 0 spiro atoms. The Labute approximate surface area is 176 Å². The molecule has 5 nitrogen and oxygen atoms in total. The van der Waals surface area contributed by atoms with Gasteiger partial charge in [-0.3, -0.25) is 15.1 Å². The highest BCUT2D eigenvalue weighted by atomic mass is 35.5. The van der Waals surface area contributed by atoms with E-state index in [2.05, 4.69) is 5.32 Å². The van der Waals surface area contributed by atoms with E-state index in [4.69, 9.17) is 17.0 Å². The monoisotopic (exact) mass is 411 g/mol. The average Bonchev–Trinajstić information content (AvgIpc) is 3.54. The maximum atomic E-state index is 13.5. The van der Waals surface area contributed by atoms with E-state index in [9.17, 15) is 9.90 Å². The van der Waals surface area contributed by atoms with Crippen molar-refractivity contribution in [2.24, 2.45) is 5.92 Å². The lowest BCUT2D eigenvalue weighted by Crippen LogP contribution is -2.46. The first-order valence-electron chi connectivity index (χ1n) is 10.2. The molecule has 1 heterocycles. The molecule has 0 aromatic heterocycles. The third kappa shape index (κ3) is 3.65. The Hall–Kier alpha value is -2.37. The van der Waals surface area contributed by atoms with Crippen LogP contribution in [0, 0.1) is 11.3 Å². The molecule has 1 saturated carbocycles. The van der Waals surface area contributed by atoms with Crippen molar-refractivity contribution in [3.05, 3.63) is 59.1 Å². The molecule has 2 fully saturated rings. The fourth-order valence-corrected chi connectivity index (χ4v) is 4.34. The van der Waals surface area contributed by atoms with Crippen molar-refractivity contribution < 1.29 is 9.90 Å². The minimum Gasteiger partial charge on any atom is -0.393 e. The van der Waals surface area contributed by atoms with Gasteiger partial charge in [0.25, 0.3) is 5.91 Å². The van der Waals surface area contributed by atoms with Crippen LogP contribution >= 0.6 is 11.6 Å². The van der Waals surface area contributed by atoms with Crippen LogP contribution in [0.3, 0.4) is 0 Å². The molecule has 1 aliphatic carbocycles.